The molecule has 2 rings (SSSR count). The molecule has 0 saturated heterocycles. The molecular weight excluding hydrogens is 394 g/mol. The Morgan fingerprint density at radius 3 is 2.45 bits per heavy atom. The normalized spacial score (nSPS) is 11.1. The quantitative estimate of drug-likeness (QED) is 0.714. The standard InChI is InChI=1S/C20H25N3O5S/c1-13-7-6-8-16(14(13)2)22-19(24)12-23(4)20(25)15-9-10-17(28-5)18(11-15)29(26,27)21-3/h6-11,21H,12H2,1-5H3,(H,22,24). The minimum atomic E-state index is -3.82. The molecule has 2 N–H and O–H groups in total. The van der Waals surface area contributed by atoms with E-state index >= 15 is 0 Å². The molecule has 9 heteroatoms. The van der Waals surface area contributed by atoms with Crippen LogP contribution in [-0.4, -0.2) is 52.9 Å². The number of methoxy groups -OCH3 is 1. The molecule has 156 valence electrons. The number of aryl methyl sites for hydroxylation is 1. The van der Waals surface area contributed by atoms with Gasteiger partial charge < -0.3 is 15.0 Å². The van der Waals surface area contributed by atoms with Crippen molar-refractivity contribution >= 4 is 27.5 Å². The highest BCUT2D eigenvalue weighted by atomic mass is 32.2. The van der Waals surface area contributed by atoms with Crippen LogP contribution in [0.5, 0.6) is 5.75 Å². The van der Waals surface area contributed by atoms with Gasteiger partial charge in [0, 0.05) is 18.3 Å². The molecule has 2 aromatic rings. The Balaban J connectivity index is 2.18. The number of hydrogen-bond acceptors (Lipinski definition) is 5. The van der Waals surface area contributed by atoms with E-state index in [1.807, 2.05) is 26.0 Å². The summed E-state index contributed by atoms with van der Waals surface area (Å²) in [7, 11) is 0.267. The maximum atomic E-state index is 12.7. The van der Waals surface area contributed by atoms with E-state index in [2.05, 4.69) is 10.0 Å². The molecule has 0 aliphatic rings. The SMILES string of the molecule is CNS(=O)(=O)c1cc(C(=O)N(C)CC(=O)Nc2cccc(C)c2C)ccc1OC. The Kier molecular flexibility index (Phi) is 6.99. The number of hydrogen-bond donors (Lipinski definition) is 2. The van der Waals surface area contributed by atoms with Crippen LogP contribution in [0.4, 0.5) is 5.69 Å². The number of anilines is 1. The number of nitrogens with one attached hydrogen (secondary N) is 2. The fourth-order valence-electron chi connectivity index (χ4n) is 2.71. The van der Waals surface area contributed by atoms with E-state index in [-0.39, 0.29) is 28.7 Å². The summed E-state index contributed by atoms with van der Waals surface area (Å²) in [6.45, 7) is 3.66. The van der Waals surface area contributed by atoms with E-state index in [1.54, 1.807) is 6.07 Å². The van der Waals surface area contributed by atoms with Crippen molar-refractivity contribution in [2.24, 2.45) is 0 Å². The molecule has 0 bridgehead atoms. The minimum Gasteiger partial charge on any atom is -0.495 e. The highest BCUT2D eigenvalue weighted by molar-refractivity contribution is 7.89. The maximum absolute atomic E-state index is 12.7. The van der Waals surface area contributed by atoms with Crippen LogP contribution in [0.25, 0.3) is 0 Å². The highest BCUT2D eigenvalue weighted by Crippen LogP contribution is 2.25. The molecule has 0 aliphatic heterocycles. The van der Waals surface area contributed by atoms with Crippen molar-refractivity contribution in [3.05, 3.63) is 53.1 Å². The van der Waals surface area contributed by atoms with Gasteiger partial charge >= 0.3 is 0 Å². The number of nitrogens with zero attached hydrogens (tertiary/aromatic N) is 1. The number of amides is 2. The third kappa shape index (κ3) is 5.12. The van der Waals surface area contributed by atoms with Gasteiger partial charge in [-0.05, 0) is 56.3 Å². The number of ether oxygens (including phenoxy) is 1. The number of rotatable bonds is 7. The number of benzene rings is 2. The van der Waals surface area contributed by atoms with Crippen LogP contribution in [0, 0.1) is 13.8 Å². The van der Waals surface area contributed by atoms with Crippen molar-refractivity contribution in [2.75, 3.05) is 33.1 Å². The Bertz CT molecular complexity index is 1030. The van der Waals surface area contributed by atoms with E-state index in [4.69, 9.17) is 4.74 Å². The first kappa shape index (κ1) is 22.4. The summed E-state index contributed by atoms with van der Waals surface area (Å²) in [5.41, 5.74) is 2.81. The molecule has 0 aliphatic carbocycles. The fraction of sp³-hybridized carbons (Fsp3) is 0.300. The molecule has 2 amide bonds. The van der Waals surface area contributed by atoms with Gasteiger partial charge in [0.25, 0.3) is 5.91 Å². The second kappa shape index (κ2) is 9.06. The lowest BCUT2D eigenvalue weighted by Crippen LogP contribution is -2.35. The van der Waals surface area contributed by atoms with Gasteiger partial charge in [0.2, 0.25) is 15.9 Å². The zero-order valence-corrected chi connectivity index (χ0v) is 17.9. The first-order valence-electron chi connectivity index (χ1n) is 8.83. The summed E-state index contributed by atoms with van der Waals surface area (Å²) in [6, 6.07) is 9.66. The Morgan fingerprint density at radius 1 is 1.14 bits per heavy atom. The summed E-state index contributed by atoms with van der Waals surface area (Å²) in [5, 5.41) is 2.79. The van der Waals surface area contributed by atoms with Crippen LogP contribution in [0.2, 0.25) is 0 Å². The Hall–Kier alpha value is -2.91. The van der Waals surface area contributed by atoms with Crippen molar-refractivity contribution in [2.45, 2.75) is 18.7 Å². The number of sulfonamides is 1. The van der Waals surface area contributed by atoms with Crippen LogP contribution >= 0.6 is 0 Å². The molecule has 0 aromatic heterocycles. The average Bonchev–Trinajstić information content (AvgIpc) is 2.70. The molecule has 0 saturated carbocycles. The predicted octanol–water partition coefficient (Wildman–Crippen LogP) is 1.93. The second-order valence-electron chi connectivity index (χ2n) is 6.53. The second-order valence-corrected chi connectivity index (χ2v) is 8.39. The van der Waals surface area contributed by atoms with Crippen molar-refractivity contribution < 1.29 is 22.7 Å². The van der Waals surface area contributed by atoms with Crippen LogP contribution < -0.4 is 14.8 Å². The van der Waals surface area contributed by atoms with Gasteiger partial charge in [-0.2, -0.15) is 0 Å². The van der Waals surface area contributed by atoms with Crippen LogP contribution in [-0.2, 0) is 14.8 Å². The minimum absolute atomic E-state index is 0.117. The van der Waals surface area contributed by atoms with E-state index in [0.29, 0.717) is 5.69 Å². The van der Waals surface area contributed by atoms with Crippen molar-refractivity contribution in [1.29, 1.82) is 0 Å². The van der Waals surface area contributed by atoms with E-state index < -0.39 is 15.9 Å². The summed E-state index contributed by atoms with van der Waals surface area (Å²) in [6.07, 6.45) is 0. The molecule has 0 radical (unpaired) electrons. The number of carbonyl (C=O) groups excluding carboxylic acids is 2. The summed E-state index contributed by atoms with van der Waals surface area (Å²) >= 11 is 0. The maximum Gasteiger partial charge on any atom is 0.254 e. The average molecular weight is 420 g/mol. The van der Waals surface area contributed by atoms with Crippen molar-refractivity contribution in [1.82, 2.24) is 9.62 Å². The zero-order valence-electron chi connectivity index (χ0n) is 17.1. The summed E-state index contributed by atoms with van der Waals surface area (Å²) < 4.78 is 31.6. The van der Waals surface area contributed by atoms with Gasteiger partial charge in [0.1, 0.15) is 10.6 Å². The molecule has 0 heterocycles. The van der Waals surface area contributed by atoms with Gasteiger partial charge in [-0.15, -0.1) is 0 Å². The van der Waals surface area contributed by atoms with Crippen LogP contribution in [0.1, 0.15) is 21.5 Å². The molecule has 2 aromatic carbocycles. The highest BCUT2D eigenvalue weighted by Gasteiger charge is 2.22. The van der Waals surface area contributed by atoms with Crippen molar-refractivity contribution in [3.63, 3.8) is 0 Å². The van der Waals surface area contributed by atoms with E-state index in [9.17, 15) is 18.0 Å². The fourth-order valence-corrected chi connectivity index (χ4v) is 3.63. The van der Waals surface area contributed by atoms with Crippen molar-refractivity contribution in [3.8, 4) is 5.75 Å². The lowest BCUT2D eigenvalue weighted by atomic mass is 10.1. The first-order chi connectivity index (χ1) is 13.6. The number of likely N-dealkylation sites (N-methyl/N-ethyl adjacent to an activating group) is 1. The van der Waals surface area contributed by atoms with Gasteiger partial charge in [0.15, 0.2) is 0 Å². The van der Waals surface area contributed by atoms with Gasteiger partial charge in [-0.1, -0.05) is 12.1 Å². The van der Waals surface area contributed by atoms with Gasteiger partial charge in [-0.25, -0.2) is 13.1 Å². The topological polar surface area (TPSA) is 105 Å². The Labute approximate surface area is 170 Å². The zero-order chi connectivity index (χ0) is 21.8. The molecule has 0 atom stereocenters. The van der Waals surface area contributed by atoms with E-state index in [0.717, 1.165) is 11.1 Å². The number of carbonyl (C=O) groups is 2. The molecular formula is C20H25N3O5S. The third-order valence-corrected chi connectivity index (χ3v) is 6.01. The van der Waals surface area contributed by atoms with Gasteiger partial charge in [0.05, 0.1) is 13.7 Å². The molecule has 8 nitrogen and oxygen atoms in total. The summed E-state index contributed by atoms with van der Waals surface area (Å²) in [4.78, 5) is 26.1. The monoisotopic (exact) mass is 419 g/mol. The van der Waals surface area contributed by atoms with Crippen LogP contribution in [0.15, 0.2) is 41.3 Å². The molecule has 29 heavy (non-hydrogen) atoms. The molecule has 0 spiro atoms. The lowest BCUT2D eigenvalue weighted by Gasteiger charge is -2.18. The predicted molar refractivity (Wildman–Crippen MR) is 111 cm³/mol. The smallest absolute Gasteiger partial charge is 0.254 e. The van der Waals surface area contributed by atoms with Crippen LogP contribution in [0.3, 0.4) is 0 Å². The first-order valence-corrected chi connectivity index (χ1v) is 10.3. The largest absolute Gasteiger partial charge is 0.495 e. The van der Waals surface area contributed by atoms with E-state index in [1.165, 1.54) is 44.3 Å². The van der Waals surface area contributed by atoms with Gasteiger partial charge in [-0.3, -0.25) is 9.59 Å². The molecule has 0 fully saturated rings. The third-order valence-electron chi connectivity index (χ3n) is 4.58. The lowest BCUT2D eigenvalue weighted by molar-refractivity contribution is -0.116. The molecule has 0 unspecified atom stereocenters. The Morgan fingerprint density at radius 2 is 1.83 bits per heavy atom. The summed E-state index contributed by atoms with van der Waals surface area (Å²) in [5.74, 6) is -0.728.